The number of carboxylic acid groups (broad SMARTS) is 1. The van der Waals surface area contributed by atoms with Crippen LogP contribution in [0.1, 0.15) is 12.1 Å². The van der Waals surface area contributed by atoms with E-state index in [1.54, 1.807) is 17.8 Å². The van der Waals surface area contributed by atoms with Crippen molar-refractivity contribution in [3.05, 3.63) is 42.2 Å². The number of benzene rings is 1. The summed E-state index contributed by atoms with van der Waals surface area (Å²) in [5, 5.41) is 15.8. The van der Waals surface area contributed by atoms with Gasteiger partial charge in [0.25, 0.3) is 0 Å². The molecule has 0 radical (unpaired) electrons. The number of aryl methyl sites for hydroxylation is 1. The highest BCUT2D eigenvalue weighted by molar-refractivity contribution is 5.91. The third-order valence-electron chi connectivity index (χ3n) is 3.12. The zero-order chi connectivity index (χ0) is 16.1. The number of nitrogens with one attached hydrogen (secondary N) is 1. The highest BCUT2D eigenvalue weighted by atomic mass is 16.4. The van der Waals surface area contributed by atoms with Crippen LogP contribution < -0.4 is 5.32 Å². The van der Waals surface area contributed by atoms with Gasteiger partial charge in [-0.25, -0.2) is 9.48 Å². The zero-order valence-corrected chi connectivity index (χ0v) is 12.5. The number of aliphatic carboxylic acids is 1. The van der Waals surface area contributed by atoms with Crippen molar-refractivity contribution in [1.29, 1.82) is 0 Å². The van der Waals surface area contributed by atoms with E-state index in [0.29, 0.717) is 5.69 Å². The first-order valence-corrected chi connectivity index (χ1v) is 6.83. The van der Waals surface area contributed by atoms with Gasteiger partial charge in [0.2, 0.25) is 0 Å². The summed E-state index contributed by atoms with van der Waals surface area (Å²) >= 11 is 0. The van der Waals surface area contributed by atoms with Crippen LogP contribution in [-0.4, -0.2) is 45.4 Å². The fourth-order valence-corrected chi connectivity index (χ4v) is 1.90. The van der Waals surface area contributed by atoms with Crippen molar-refractivity contribution in [3.63, 3.8) is 0 Å². The van der Waals surface area contributed by atoms with Gasteiger partial charge in [0.05, 0.1) is 23.5 Å². The maximum atomic E-state index is 12.1. The Morgan fingerprint density at radius 2 is 2.05 bits per heavy atom. The van der Waals surface area contributed by atoms with Crippen LogP contribution in [0.15, 0.2) is 36.5 Å². The van der Waals surface area contributed by atoms with Crippen molar-refractivity contribution in [2.45, 2.75) is 13.3 Å². The number of para-hydroxylation sites is 2. The van der Waals surface area contributed by atoms with Gasteiger partial charge in [-0.2, -0.15) is 5.10 Å². The number of nitrogens with zero attached hydrogens (tertiary/aromatic N) is 3. The molecule has 2 aromatic rings. The van der Waals surface area contributed by atoms with Gasteiger partial charge in [-0.15, -0.1) is 0 Å². The van der Waals surface area contributed by atoms with E-state index in [2.05, 4.69) is 10.4 Å². The number of urea groups is 1. The van der Waals surface area contributed by atoms with Gasteiger partial charge in [0.15, 0.2) is 0 Å². The number of anilines is 1. The van der Waals surface area contributed by atoms with Crippen molar-refractivity contribution in [2.75, 3.05) is 18.9 Å². The Kier molecular flexibility index (Phi) is 4.77. The molecule has 0 aliphatic rings. The van der Waals surface area contributed by atoms with Crippen LogP contribution in [0.2, 0.25) is 0 Å². The maximum absolute atomic E-state index is 12.1. The first kappa shape index (κ1) is 15.6. The number of carboxylic acids is 1. The molecule has 0 atom stereocenters. The van der Waals surface area contributed by atoms with E-state index in [1.165, 1.54) is 4.90 Å². The lowest BCUT2D eigenvalue weighted by atomic mass is 10.2. The van der Waals surface area contributed by atoms with Gasteiger partial charge >= 0.3 is 12.0 Å². The molecule has 0 bridgehead atoms. The van der Waals surface area contributed by atoms with Crippen molar-refractivity contribution >= 4 is 17.7 Å². The van der Waals surface area contributed by atoms with Crippen LogP contribution in [0.4, 0.5) is 10.5 Å². The molecule has 0 spiro atoms. The topological polar surface area (TPSA) is 87.5 Å². The average molecular weight is 302 g/mol. The van der Waals surface area contributed by atoms with E-state index in [9.17, 15) is 9.59 Å². The van der Waals surface area contributed by atoms with Gasteiger partial charge in [0.1, 0.15) is 0 Å². The second-order valence-electron chi connectivity index (χ2n) is 4.91. The average Bonchev–Trinajstić information content (AvgIpc) is 2.91. The number of carbonyl (C=O) groups is 2. The molecule has 1 aromatic heterocycles. The molecule has 0 saturated carbocycles. The molecular weight excluding hydrogens is 284 g/mol. The fraction of sp³-hybridized carbons (Fsp3) is 0.267. The second-order valence-corrected chi connectivity index (χ2v) is 4.91. The Hall–Kier alpha value is -2.83. The molecule has 0 aliphatic carbocycles. The summed E-state index contributed by atoms with van der Waals surface area (Å²) in [4.78, 5) is 24.0. The molecule has 1 aromatic carbocycles. The van der Waals surface area contributed by atoms with Crippen molar-refractivity contribution in [1.82, 2.24) is 14.7 Å². The number of rotatable bonds is 5. The van der Waals surface area contributed by atoms with Crippen molar-refractivity contribution in [3.8, 4) is 5.69 Å². The lowest BCUT2D eigenvalue weighted by Crippen LogP contribution is -2.33. The van der Waals surface area contributed by atoms with Crippen LogP contribution >= 0.6 is 0 Å². The molecule has 2 rings (SSSR count). The van der Waals surface area contributed by atoms with Crippen molar-refractivity contribution < 1.29 is 14.7 Å². The normalized spacial score (nSPS) is 10.3. The minimum absolute atomic E-state index is 0.0933. The Morgan fingerprint density at radius 1 is 1.32 bits per heavy atom. The predicted octanol–water partition coefficient (Wildman–Crippen LogP) is 2.12. The highest BCUT2D eigenvalue weighted by Gasteiger charge is 2.13. The van der Waals surface area contributed by atoms with Crippen LogP contribution in [0.3, 0.4) is 0 Å². The van der Waals surface area contributed by atoms with E-state index in [4.69, 9.17) is 5.11 Å². The summed E-state index contributed by atoms with van der Waals surface area (Å²) in [5.41, 5.74) is 2.23. The third kappa shape index (κ3) is 3.85. The van der Waals surface area contributed by atoms with Gasteiger partial charge < -0.3 is 15.3 Å². The summed E-state index contributed by atoms with van der Waals surface area (Å²) in [7, 11) is 1.55. The SMILES string of the molecule is Cc1ccn(-c2ccccc2NC(=O)N(C)CCC(=O)O)n1. The van der Waals surface area contributed by atoms with E-state index < -0.39 is 5.97 Å². The molecule has 0 aliphatic heterocycles. The molecule has 7 heteroatoms. The molecule has 2 N–H and O–H groups in total. The van der Waals surface area contributed by atoms with Gasteiger partial charge in [0, 0.05) is 19.8 Å². The Labute approximate surface area is 128 Å². The summed E-state index contributed by atoms with van der Waals surface area (Å²) in [5.74, 6) is -0.938. The quantitative estimate of drug-likeness (QED) is 0.885. The summed E-state index contributed by atoms with van der Waals surface area (Å²) in [6.45, 7) is 2.03. The third-order valence-corrected chi connectivity index (χ3v) is 3.12. The van der Waals surface area contributed by atoms with E-state index in [1.807, 2.05) is 37.4 Å². The second kappa shape index (κ2) is 6.75. The van der Waals surface area contributed by atoms with E-state index in [-0.39, 0.29) is 19.0 Å². The first-order chi connectivity index (χ1) is 10.5. The van der Waals surface area contributed by atoms with Gasteiger partial charge in [-0.1, -0.05) is 12.1 Å². The summed E-state index contributed by atoms with van der Waals surface area (Å²) < 4.78 is 1.68. The molecule has 1 heterocycles. The minimum Gasteiger partial charge on any atom is -0.481 e. The molecule has 0 unspecified atom stereocenters. The lowest BCUT2D eigenvalue weighted by molar-refractivity contribution is -0.137. The summed E-state index contributed by atoms with van der Waals surface area (Å²) in [6.07, 6.45) is 1.72. The van der Waals surface area contributed by atoms with Crippen molar-refractivity contribution in [2.24, 2.45) is 0 Å². The number of amides is 2. The van der Waals surface area contributed by atoms with Crippen LogP contribution in [0.5, 0.6) is 0 Å². The maximum Gasteiger partial charge on any atom is 0.321 e. The molecule has 2 amide bonds. The molecule has 116 valence electrons. The van der Waals surface area contributed by atoms with Crippen LogP contribution in [0, 0.1) is 6.92 Å². The number of hydrogen-bond acceptors (Lipinski definition) is 3. The summed E-state index contributed by atoms with van der Waals surface area (Å²) in [6, 6.07) is 8.80. The highest BCUT2D eigenvalue weighted by Crippen LogP contribution is 2.19. The smallest absolute Gasteiger partial charge is 0.321 e. The van der Waals surface area contributed by atoms with Gasteiger partial charge in [-0.3, -0.25) is 4.79 Å². The molecule has 22 heavy (non-hydrogen) atoms. The lowest BCUT2D eigenvalue weighted by Gasteiger charge is -2.18. The van der Waals surface area contributed by atoms with E-state index in [0.717, 1.165) is 11.4 Å². The van der Waals surface area contributed by atoms with Crippen LogP contribution in [0.25, 0.3) is 5.69 Å². The fourth-order valence-electron chi connectivity index (χ4n) is 1.90. The number of hydrogen-bond donors (Lipinski definition) is 2. The predicted molar refractivity (Wildman–Crippen MR) is 82.2 cm³/mol. The standard InChI is InChI=1S/C15H18N4O3/c1-11-7-10-19(17-11)13-6-4-3-5-12(13)16-15(22)18(2)9-8-14(20)21/h3-7,10H,8-9H2,1-2H3,(H,16,22)(H,20,21). The first-order valence-electron chi connectivity index (χ1n) is 6.83. The van der Waals surface area contributed by atoms with Crippen LogP contribution in [-0.2, 0) is 4.79 Å². The largest absolute Gasteiger partial charge is 0.481 e. The van der Waals surface area contributed by atoms with Gasteiger partial charge in [-0.05, 0) is 25.1 Å². The Balaban J connectivity index is 2.13. The molecule has 0 fully saturated rings. The molecular formula is C15H18N4O3. The number of aromatic nitrogens is 2. The molecule has 0 saturated heterocycles. The minimum atomic E-state index is -0.938. The Bertz CT molecular complexity index is 681. The Morgan fingerprint density at radius 3 is 2.68 bits per heavy atom. The van der Waals surface area contributed by atoms with E-state index >= 15 is 0 Å². The molecule has 7 nitrogen and oxygen atoms in total. The monoisotopic (exact) mass is 302 g/mol. The zero-order valence-electron chi connectivity index (χ0n) is 12.5. The number of carbonyl (C=O) groups excluding carboxylic acids is 1.